The number of hydrogen-bond acceptors (Lipinski definition) is 1. The predicted molar refractivity (Wildman–Crippen MR) is 249 cm³/mol. The Morgan fingerprint density at radius 1 is 0.367 bits per heavy atom. The SMILES string of the molecule is CC1(C)c2cc(-c3ccc4c(c3)C3(c5ccccc5-4)c4ccccc4-n4c5ccccc5c5cccc3c54)ccc2-c2ccc(N(c3ccccc3)c3ccccc3)cc21. The fourth-order valence-corrected chi connectivity index (χ4v) is 11.4. The summed E-state index contributed by atoms with van der Waals surface area (Å²) in [6.45, 7) is 4.79. The van der Waals surface area contributed by atoms with E-state index in [0.29, 0.717) is 0 Å². The summed E-state index contributed by atoms with van der Waals surface area (Å²) in [6.07, 6.45) is 0. The molecule has 0 fully saturated rings. The topological polar surface area (TPSA) is 8.17 Å². The van der Waals surface area contributed by atoms with Crippen molar-refractivity contribution < 1.29 is 0 Å². The summed E-state index contributed by atoms with van der Waals surface area (Å²) in [5.74, 6) is 0. The molecule has 1 unspecified atom stereocenters. The van der Waals surface area contributed by atoms with Gasteiger partial charge in [0.05, 0.1) is 22.1 Å². The second kappa shape index (κ2) is 12.1. The summed E-state index contributed by atoms with van der Waals surface area (Å²) in [6, 6.07) is 77.1. The Hall–Kier alpha value is -7.42. The van der Waals surface area contributed by atoms with Gasteiger partial charge in [-0.1, -0.05) is 159 Å². The lowest BCUT2D eigenvalue weighted by atomic mass is 9.65. The Morgan fingerprint density at radius 3 is 1.65 bits per heavy atom. The molecule has 1 spiro atoms. The van der Waals surface area contributed by atoms with Crippen LogP contribution in [0.4, 0.5) is 17.1 Å². The van der Waals surface area contributed by atoms with Crippen LogP contribution in [-0.2, 0) is 10.8 Å². The first kappa shape index (κ1) is 33.5. The fraction of sp³-hybridized carbons (Fsp3) is 0.0690. The van der Waals surface area contributed by atoms with Gasteiger partial charge < -0.3 is 9.47 Å². The molecule has 2 heterocycles. The molecule has 0 saturated carbocycles. The molecule has 1 atom stereocenters. The molecule has 0 radical (unpaired) electrons. The Kier molecular flexibility index (Phi) is 6.74. The van der Waals surface area contributed by atoms with Crippen LogP contribution in [-0.4, -0.2) is 4.57 Å². The average molecular weight is 765 g/mol. The van der Waals surface area contributed by atoms with Crippen LogP contribution in [0.3, 0.4) is 0 Å². The summed E-state index contributed by atoms with van der Waals surface area (Å²) in [5.41, 5.74) is 22.5. The largest absolute Gasteiger partial charge is 0.310 e. The third kappa shape index (κ3) is 4.27. The highest BCUT2D eigenvalue weighted by molar-refractivity contribution is 6.13. The summed E-state index contributed by atoms with van der Waals surface area (Å²) in [5, 5.41) is 2.60. The van der Waals surface area contributed by atoms with Crippen molar-refractivity contribution in [2.75, 3.05) is 4.90 Å². The third-order valence-electron chi connectivity index (χ3n) is 14.0. The van der Waals surface area contributed by atoms with Crippen LogP contribution in [0, 0.1) is 0 Å². The molecular formula is C58H40N2. The number of nitrogens with zero attached hydrogens (tertiary/aromatic N) is 2. The molecule has 2 nitrogen and oxygen atoms in total. The maximum Gasteiger partial charge on any atom is 0.0754 e. The van der Waals surface area contributed by atoms with Crippen molar-refractivity contribution in [3.63, 3.8) is 0 Å². The van der Waals surface area contributed by atoms with E-state index in [2.05, 4.69) is 230 Å². The van der Waals surface area contributed by atoms with E-state index in [0.717, 1.165) is 17.1 Å². The first-order valence-electron chi connectivity index (χ1n) is 21.1. The Morgan fingerprint density at radius 2 is 0.900 bits per heavy atom. The molecule has 10 aromatic rings. The zero-order valence-corrected chi connectivity index (χ0v) is 33.5. The maximum atomic E-state index is 2.52. The van der Waals surface area contributed by atoms with E-state index in [4.69, 9.17) is 0 Å². The molecule has 13 rings (SSSR count). The molecule has 282 valence electrons. The van der Waals surface area contributed by atoms with Gasteiger partial charge in [0.2, 0.25) is 0 Å². The monoisotopic (exact) mass is 764 g/mol. The lowest BCUT2D eigenvalue weighted by molar-refractivity contribution is 0.660. The van der Waals surface area contributed by atoms with Gasteiger partial charge in [-0.15, -0.1) is 0 Å². The van der Waals surface area contributed by atoms with Crippen molar-refractivity contribution in [3.05, 3.63) is 240 Å². The minimum Gasteiger partial charge on any atom is -0.310 e. The number of rotatable bonds is 4. The van der Waals surface area contributed by atoms with Gasteiger partial charge in [0.1, 0.15) is 0 Å². The van der Waals surface area contributed by atoms with E-state index < -0.39 is 5.41 Å². The molecule has 0 N–H and O–H groups in total. The summed E-state index contributed by atoms with van der Waals surface area (Å²) in [7, 11) is 0. The molecule has 1 aromatic heterocycles. The zero-order valence-electron chi connectivity index (χ0n) is 33.5. The molecule has 0 amide bonds. The van der Waals surface area contributed by atoms with E-state index in [1.807, 2.05) is 0 Å². The van der Waals surface area contributed by atoms with E-state index >= 15 is 0 Å². The van der Waals surface area contributed by atoms with E-state index in [1.54, 1.807) is 0 Å². The smallest absolute Gasteiger partial charge is 0.0754 e. The van der Waals surface area contributed by atoms with Crippen LogP contribution in [0.5, 0.6) is 0 Å². The van der Waals surface area contributed by atoms with Gasteiger partial charge in [-0.2, -0.15) is 0 Å². The second-order valence-electron chi connectivity index (χ2n) is 17.2. The molecule has 3 aliphatic rings. The van der Waals surface area contributed by atoms with Crippen LogP contribution in [0.15, 0.2) is 206 Å². The van der Waals surface area contributed by atoms with Crippen LogP contribution in [0.1, 0.15) is 47.2 Å². The highest BCUT2D eigenvalue weighted by Gasteiger charge is 2.51. The maximum absolute atomic E-state index is 2.52. The van der Waals surface area contributed by atoms with E-state index in [9.17, 15) is 0 Å². The van der Waals surface area contributed by atoms with E-state index in [1.165, 1.54) is 94.3 Å². The third-order valence-corrected chi connectivity index (χ3v) is 14.0. The number of para-hydroxylation sites is 5. The number of aromatic nitrogens is 1. The Labute approximate surface area is 350 Å². The van der Waals surface area contributed by atoms with Gasteiger partial charge >= 0.3 is 0 Å². The van der Waals surface area contributed by atoms with Gasteiger partial charge in [-0.3, -0.25) is 0 Å². The summed E-state index contributed by atoms with van der Waals surface area (Å²) < 4.78 is 2.52. The van der Waals surface area contributed by atoms with Crippen molar-refractivity contribution in [2.24, 2.45) is 0 Å². The quantitative estimate of drug-likeness (QED) is 0.173. The molecule has 9 aromatic carbocycles. The number of benzene rings is 9. The first-order chi connectivity index (χ1) is 29.5. The van der Waals surface area contributed by atoms with Gasteiger partial charge in [0, 0.05) is 33.2 Å². The molecule has 2 aliphatic carbocycles. The van der Waals surface area contributed by atoms with Crippen molar-refractivity contribution >= 4 is 38.9 Å². The van der Waals surface area contributed by atoms with Gasteiger partial charge in [0.25, 0.3) is 0 Å². The van der Waals surface area contributed by atoms with Crippen LogP contribution in [0.2, 0.25) is 0 Å². The standard InChI is InChI=1S/C58H40N2/c1-57(2)51-34-37(28-31-43(51)44-33-30-41(36-52(44)57)59(39-16-5-3-6-17-39)40-18-7-4-8-19-40)38-29-32-45-42-20-9-11-23-48(42)58(53(45)35-38)49-24-12-14-27-55(49)60-54-26-13-10-21-46(54)47-22-15-25-50(58)56(47)60/h3-36H,1-2H3. The van der Waals surface area contributed by atoms with Gasteiger partial charge in [-0.25, -0.2) is 0 Å². The van der Waals surface area contributed by atoms with Crippen LogP contribution < -0.4 is 4.90 Å². The molecule has 60 heavy (non-hydrogen) atoms. The van der Waals surface area contributed by atoms with Gasteiger partial charge in [0.15, 0.2) is 0 Å². The normalized spacial score (nSPS) is 16.0. The molecule has 2 heteroatoms. The highest BCUT2D eigenvalue weighted by Crippen LogP contribution is 2.61. The number of anilines is 3. The first-order valence-corrected chi connectivity index (χ1v) is 21.1. The molecule has 0 saturated heterocycles. The van der Waals surface area contributed by atoms with Crippen molar-refractivity contribution in [2.45, 2.75) is 24.7 Å². The highest BCUT2D eigenvalue weighted by atomic mass is 15.1. The summed E-state index contributed by atoms with van der Waals surface area (Å²) >= 11 is 0. The molecule has 1 aliphatic heterocycles. The molecular weight excluding hydrogens is 725 g/mol. The minimum absolute atomic E-state index is 0.199. The van der Waals surface area contributed by atoms with Crippen LogP contribution >= 0.6 is 0 Å². The van der Waals surface area contributed by atoms with Gasteiger partial charge in [-0.05, 0) is 127 Å². The van der Waals surface area contributed by atoms with Crippen molar-refractivity contribution in [1.82, 2.24) is 4.57 Å². The second-order valence-corrected chi connectivity index (χ2v) is 17.2. The number of fused-ring (bicyclic) bond motifs is 15. The fourth-order valence-electron chi connectivity index (χ4n) is 11.4. The average Bonchev–Trinajstić information content (AvgIpc) is 3.88. The summed E-state index contributed by atoms with van der Waals surface area (Å²) in [4.78, 5) is 2.37. The van der Waals surface area contributed by atoms with Crippen molar-refractivity contribution in [1.29, 1.82) is 0 Å². The lowest BCUT2D eigenvalue weighted by Crippen LogP contribution is -2.33. The predicted octanol–water partition coefficient (Wildman–Crippen LogP) is 14.9. The zero-order chi connectivity index (χ0) is 39.7. The lowest BCUT2D eigenvalue weighted by Gasteiger charge is -2.39. The van der Waals surface area contributed by atoms with Crippen LogP contribution in [0.25, 0.3) is 60.9 Å². The van der Waals surface area contributed by atoms with E-state index in [-0.39, 0.29) is 5.41 Å². The Bertz CT molecular complexity index is 3370. The molecule has 0 bridgehead atoms. The Balaban J connectivity index is 0.987. The minimum atomic E-state index is -0.478. The number of hydrogen-bond donors (Lipinski definition) is 0. The van der Waals surface area contributed by atoms with Crippen molar-refractivity contribution in [3.8, 4) is 39.1 Å².